The summed E-state index contributed by atoms with van der Waals surface area (Å²) in [5, 5.41) is 19.2. The first kappa shape index (κ1) is 9.83. The largest absolute Gasteiger partial charge is 0.508 e. The molecule has 1 aromatic rings. The Hall–Kier alpha value is -1.71. The van der Waals surface area contributed by atoms with Crippen LogP contribution in [0.3, 0.4) is 0 Å². The molecule has 0 fully saturated rings. The fourth-order valence-electron chi connectivity index (χ4n) is 2.08. The molecule has 4 nitrogen and oxygen atoms in total. The van der Waals surface area contributed by atoms with Gasteiger partial charge in [0, 0.05) is 6.07 Å². The molecule has 15 heavy (non-hydrogen) atoms. The van der Waals surface area contributed by atoms with Crippen LogP contribution < -0.4 is 0 Å². The van der Waals surface area contributed by atoms with Crippen molar-refractivity contribution in [2.45, 2.75) is 19.3 Å². The van der Waals surface area contributed by atoms with Gasteiger partial charge in [0.05, 0.1) is 7.11 Å². The topological polar surface area (TPSA) is 66.8 Å². The number of methoxy groups -OCH3 is 1. The van der Waals surface area contributed by atoms with Gasteiger partial charge in [-0.25, -0.2) is 4.79 Å². The lowest BCUT2D eigenvalue weighted by Crippen LogP contribution is -2.06. The van der Waals surface area contributed by atoms with E-state index in [0.717, 1.165) is 24.0 Å². The average molecular weight is 208 g/mol. The molecule has 1 aliphatic rings. The lowest BCUT2D eigenvalue weighted by molar-refractivity contribution is 0.0596. The molecule has 0 heterocycles. The second-order valence-corrected chi connectivity index (χ2v) is 3.59. The standard InChI is InChI=1S/C11H12O4/c1-15-11(14)10-7-4-2-3-6(7)8(12)5-9(10)13/h5,12-13H,2-4H2,1H3. The van der Waals surface area contributed by atoms with E-state index in [1.807, 2.05) is 0 Å². The van der Waals surface area contributed by atoms with Crippen LogP contribution in [0.5, 0.6) is 11.5 Å². The summed E-state index contributed by atoms with van der Waals surface area (Å²) in [7, 11) is 1.27. The molecule has 2 rings (SSSR count). The van der Waals surface area contributed by atoms with E-state index in [4.69, 9.17) is 0 Å². The van der Waals surface area contributed by atoms with E-state index >= 15 is 0 Å². The van der Waals surface area contributed by atoms with Gasteiger partial charge in [0.2, 0.25) is 0 Å². The molecule has 1 aromatic carbocycles. The number of aromatic hydroxyl groups is 2. The Kier molecular flexibility index (Phi) is 2.26. The van der Waals surface area contributed by atoms with Gasteiger partial charge in [-0.15, -0.1) is 0 Å². The number of carbonyl (C=O) groups excluding carboxylic acids is 1. The molecule has 0 saturated heterocycles. The molecule has 0 bridgehead atoms. The smallest absolute Gasteiger partial charge is 0.341 e. The summed E-state index contributed by atoms with van der Waals surface area (Å²) in [5.74, 6) is -0.696. The number of carbonyl (C=O) groups is 1. The predicted molar refractivity (Wildman–Crippen MR) is 53.1 cm³/mol. The van der Waals surface area contributed by atoms with Crippen molar-refractivity contribution in [2.24, 2.45) is 0 Å². The lowest BCUT2D eigenvalue weighted by Gasteiger charge is -2.10. The molecule has 0 aliphatic heterocycles. The van der Waals surface area contributed by atoms with E-state index < -0.39 is 5.97 Å². The molecule has 0 aromatic heterocycles. The number of rotatable bonds is 1. The molecule has 0 amide bonds. The molecule has 0 atom stereocenters. The van der Waals surface area contributed by atoms with Crippen LogP contribution in [0, 0.1) is 0 Å². The van der Waals surface area contributed by atoms with Crippen molar-refractivity contribution in [3.8, 4) is 11.5 Å². The van der Waals surface area contributed by atoms with E-state index in [2.05, 4.69) is 4.74 Å². The van der Waals surface area contributed by atoms with E-state index in [1.54, 1.807) is 0 Å². The van der Waals surface area contributed by atoms with Crippen LogP contribution >= 0.6 is 0 Å². The lowest BCUT2D eigenvalue weighted by atomic mass is 10.0. The highest BCUT2D eigenvalue weighted by molar-refractivity contribution is 5.95. The zero-order chi connectivity index (χ0) is 11.0. The van der Waals surface area contributed by atoms with Crippen molar-refractivity contribution < 1.29 is 19.7 Å². The first-order valence-electron chi connectivity index (χ1n) is 4.80. The quantitative estimate of drug-likeness (QED) is 0.684. The third-order valence-electron chi connectivity index (χ3n) is 2.75. The Morgan fingerprint density at radius 3 is 2.60 bits per heavy atom. The van der Waals surface area contributed by atoms with Crippen LogP contribution in [0.4, 0.5) is 0 Å². The van der Waals surface area contributed by atoms with Crippen molar-refractivity contribution in [3.05, 3.63) is 22.8 Å². The van der Waals surface area contributed by atoms with Gasteiger partial charge >= 0.3 is 5.97 Å². The van der Waals surface area contributed by atoms with Crippen LogP contribution in [-0.4, -0.2) is 23.3 Å². The zero-order valence-electron chi connectivity index (χ0n) is 8.41. The minimum atomic E-state index is -0.550. The maximum absolute atomic E-state index is 11.4. The van der Waals surface area contributed by atoms with Crippen molar-refractivity contribution in [2.75, 3.05) is 7.11 Å². The number of phenols is 2. The zero-order valence-corrected chi connectivity index (χ0v) is 8.41. The Morgan fingerprint density at radius 1 is 1.27 bits per heavy atom. The normalized spacial score (nSPS) is 13.7. The monoisotopic (exact) mass is 208 g/mol. The highest BCUT2D eigenvalue weighted by atomic mass is 16.5. The number of esters is 1. The number of fused-ring (bicyclic) bond motifs is 1. The summed E-state index contributed by atoms with van der Waals surface area (Å²) in [5.41, 5.74) is 1.68. The fraction of sp³-hybridized carbons (Fsp3) is 0.364. The van der Waals surface area contributed by atoms with Gasteiger partial charge in [-0.1, -0.05) is 0 Å². The van der Waals surface area contributed by atoms with Crippen LogP contribution in [0.2, 0.25) is 0 Å². The average Bonchev–Trinajstić information content (AvgIpc) is 2.66. The summed E-state index contributed by atoms with van der Waals surface area (Å²) in [6.07, 6.45) is 2.32. The highest BCUT2D eigenvalue weighted by Gasteiger charge is 2.26. The first-order valence-corrected chi connectivity index (χ1v) is 4.80. The number of hydrogen-bond donors (Lipinski definition) is 2. The van der Waals surface area contributed by atoms with Gasteiger partial charge in [0.1, 0.15) is 17.1 Å². The van der Waals surface area contributed by atoms with Gasteiger partial charge in [0.25, 0.3) is 0 Å². The maximum Gasteiger partial charge on any atom is 0.341 e. The Morgan fingerprint density at radius 2 is 1.93 bits per heavy atom. The molecule has 0 saturated carbocycles. The minimum absolute atomic E-state index is 0.0626. The highest BCUT2D eigenvalue weighted by Crippen LogP contribution is 2.38. The second-order valence-electron chi connectivity index (χ2n) is 3.59. The van der Waals surface area contributed by atoms with Gasteiger partial charge in [-0.2, -0.15) is 0 Å². The molecular weight excluding hydrogens is 196 g/mol. The molecule has 0 radical (unpaired) electrons. The minimum Gasteiger partial charge on any atom is -0.508 e. The molecule has 0 unspecified atom stereocenters. The number of ether oxygens (including phenoxy) is 1. The van der Waals surface area contributed by atoms with Crippen molar-refractivity contribution in [1.82, 2.24) is 0 Å². The van der Waals surface area contributed by atoms with Crippen molar-refractivity contribution >= 4 is 5.97 Å². The Balaban J connectivity index is 2.64. The van der Waals surface area contributed by atoms with Crippen LogP contribution in [0.25, 0.3) is 0 Å². The molecular formula is C11H12O4. The summed E-state index contributed by atoms with van der Waals surface area (Å²) >= 11 is 0. The second kappa shape index (κ2) is 3.46. The third-order valence-corrected chi connectivity index (χ3v) is 2.75. The van der Waals surface area contributed by atoms with Crippen molar-refractivity contribution in [3.63, 3.8) is 0 Å². The SMILES string of the molecule is COC(=O)c1c(O)cc(O)c2c1CCC2. The predicted octanol–water partition coefficient (Wildman–Crippen LogP) is 1.37. The van der Waals surface area contributed by atoms with Crippen LogP contribution in [0.15, 0.2) is 6.07 Å². The maximum atomic E-state index is 11.4. The van der Waals surface area contributed by atoms with Crippen LogP contribution in [-0.2, 0) is 17.6 Å². The Labute approximate surface area is 87.1 Å². The van der Waals surface area contributed by atoms with Gasteiger partial charge < -0.3 is 14.9 Å². The summed E-state index contributed by atoms with van der Waals surface area (Å²) in [6.45, 7) is 0. The molecule has 0 spiro atoms. The molecule has 2 N–H and O–H groups in total. The third kappa shape index (κ3) is 1.42. The molecule has 4 heteroatoms. The molecule has 80 valence electrons. The molecule has 1 aliphatic carbocycles. The van der Waals surface area contributed by atoms with Gasteiger partial charge in [0.15, 0.2) is 0 Å². The van der Waals surface area contributed by atoms with Crippen molar-refractivity contribution in [1.29, 1.82) is 0 Å². The van der Waals surface area contributed by atoms with Gasteiger partial charge in [-0.3, -0.25) is 0 Å². The van der Waals surface area contributed by atoms with E-state index in [-0.39, 0.29) is 17.1 Å². The van der Waals surface area contributed by atoms with E-state index in [1.165, 1.54) is 13.2 Å². The summed E-state index contributed by atoms with van der Waals surface area (Å²) in [6, 6.07) is 1.20. The first-order chi connectivity index (χ1) is 7.15. The van der Waals surface area contributed by atoms with Gasteiger partial charge in [-0.05, 0) is 30.4 Å². The number of phenolic OH excluding ortho intramolecular Hbond substituents is 2. The summed E-state index contributed by atoms with van der Waals surface area (Å²) < 4.78 is 4.60. The number of hydrogen-bond acceptors (Lipinski definition) is 4. The summed E-state index contributed by atoms with van der Waals surface area (Å²) in [4.78, 5) is 11.4. The van der Waals surface area contributed by atoms with E-state index in [9.17, 15) is 15.0 Å². The fourth-order valence-corrected chi connectivity index (χ4v) is 2.08. The van der Waals surface area contributed by atoms with E-state index in [0.29, 0.717) is 6.42 Å². The van der Waals surface area contributed by atoms with Crippen LogP contribution in [0.1, 0.15) is 27.9 Å². The number of benzene rings is 1. The Bertz CT molecular complexity index is 423.